The number of carboxylic acid groups (broad SMARTS) is 1. The van der Waals surface area contributed by atoms with E-state index in [0.29, 0.717) is 30.0 Å². The first-order chi connectivity index (χ1) is 11.9. The number of ether oxygens (including phenoxy) is 1. The number of nitrogens with one attached hydrogen (secondary N) is 1. The molecule has 0 heterocycles. The van der Waals surface area contributed by atoms with Gasteiger partial charge in [0.2, 0.25) is 5.91 Å². The normalized spacial score (nSPS) is 14.4. The lowest BCUT2D eigenvalue weighted by Crippen LogP contribution is -2.31. The topological polar surface area (TPSA) is 119 Å². The Hall–Kier alpha value is -3.35. The molecule has 1 aliphatic rings. The summed E-state index contributed by atoms with van der Waals surface area (Å²) < 4.78 is 5.64. The number of carbonyl (C=O) groups excluding carboxylic acids is 2. The number of amides is 2. The van der Waals surface area contributed by atoms with Crippen LogP contribution in [-0.4, -0.2) is 22.9 Å². The van der Waals surface area contributed by atoms with Crippen molar-refractivity contribution in [2.45, 2.75) is 12.8 Å². The van der Waals surface area contributed by atoms with E-state index in [-0.39, 0.29) is 5.56 Å². The lowest BCUT2D eigenvalue weighted by molar-refractivity contribution is -0.147. The van der Waals surface area contributed by atoms with Gasteiger partial charge in [0.25, 0.3) is 5.91 Å². The molecule has 0 atom stereocenters. The Morgan fingerprint density at radius 3 is 2.24 bits per heavy atom. The van der Waals surface area contributed by atoms with Crippen LogP contribution in [0.4, 0.5) is 5.69 Å². The third-order valence-electron chi connectivity index (χ3n) is 4.09. The van der Waals surface area contributed by atoms with Crippen LogP contribution in [0.1, 0.15) is 23.2 Å². The molecular weight excluding hydrogens is 324 g/mol. The summed E-state index contributed by atoms with van der Waals surface area (Å²) in [7, 11) is 0. The van der Waals surface area contributed by atoms with Gasteiger partial charge in [-0.15, -0.1) is 0 Å². The van der Waals surface area contributed by atoms with Gasteiger partial charge in [-0.1, -0.05) is 12.1 Å². The van der Waals surface area contributed by atoms with Crippen molar-refractivity contribution in [2.24, 2.45) is 11.1 Å². The largest absolute Gasteiger partial charge is 0.480 e. The first kappa shape index (κ1) is 16.5. The third kappa shape index (κ3) is 3.30. The number of rotatable bonds is 6. The fourth-order valence-electron chi connectivity index (χ4n) is 2.41. The number of primary amides is 1. The summed E-state index contributed by atoms with van der Waals surface area (Å²) in [5.41, 5.74) is 4.73. The van der Waals surface area contributed by atoms with E-state index in [1.807, 2.05) is 0 Å². The lowest BCUT2D eigenvalue weighted by Gasteiger charge is -2.12. The number of nitrogens with two attached hydrogens (primary N) is 1. The van der Waals surface area contributed by atoms with Gasteiger partial charge in [-0.2, -0.15) is 0 Å². The highest BCUT2D eigenvalue weighted by Gasteiger charge is 2.57. The zero-order valence-electron chi connectivity index (χ0n) is 13.2. The van der Waals surface area contributed by atoms with Crippen LogP contribution in [0.3, 0.4) is 0 Å². The van der Waals surface area contributed by atoms with Gasteiger partial charge in [0.15, 0.2) is 0 Å². The van der Waals surface area contributed by atoms with E-state index in [4.69, 9.17) is 15.6 Å². The molecule has 25 heavy (non-hydrogen) atoms. The summed E-state index contributed by atoms with van der Waals surface area (Å²) in [5, 5.41) is 11.7. The molecule has 1 aliphatic carbocycles. The minimum atomic E-state index is -1.30. The smallest absolute Gasteiger partial charge is 0.319 e. The Kier molecular flexibility index (Phi) is 4.14. The molecule has 0 aromatic heterocycles. The number of aliphatic carboxylic acids is 1. The van der Waals surface area contributed by atoms with Crippen LogP contribution in [0.2, 0.25) is 0 Å². The highest BCUT2D eigenvalue weighted by molar-refractivity contribution is 6.10. The van der Waals surface area contributed by atoms with Crippen LogP contribution in [0.5, 0.6) is 11.5 Å². The molecule has 4 N–H and O–H groups in total. The molecule has 7 heteroatoms. The van der Waals surface area contributed by atoms with Crippen molar-refractivity contribution in [3.63, 3.8) is 0 Å². The summed E-state index contributed by atoms with van der Waals surface area (Å²) >= 11 is 0. The molecule has 2 aromatic carbocycles. The third-order valence-corrected chi connectivity index (χ3v) is 4.09. The minimum Gasteiger partial charge on any atom is -0.480 e. The van der Waals surface area contributed by atoms with Gasteiger partial charge >= 0.3 is 5.97 Å². The molecule has 2 aromatic rings. The Morgan fingerprint density at radius 2 is 1.68 bits per heavy atom. The van der Waals surface area contributed by atoms with Crippen molar-refractivity contribution < 1.29 is 24.2 Å². The maximum atomic E-state index is 12.1. The number of para-hydroxylation sites is 1. The van der Waals surface area contributed by atoms with Crippen molar-refractivity contribution in [1.82, 2.24) is 0 Å². The Labute approximate surface area is 143 Å². The number of carboxylic acids is 1. The van der Waals surface area contributed by atoms with Gasteiger partial charge in [0.1, 0.15) is 16.9 Å². The summed E-state index contributed by atoms with van der Waals surface area (Å²) in [6.45, 7) is 0. The van der Waals surface area contributed by atoms with E-state index >= 15 is 0 Å². The van der Waals surface area contributed by atoms with Gasteiger partial charge in [0.05, 0.1) is 5.56 Å². The molecule has 0 radical (unpaired) electrons. The average molecular weight is 340 g/mol. The molecule has 1 saturated carbocycles. The van der Waals surface area contributed by atoms with Crippen molar-refractivity contribution in [1.29, 1.82) is 0 Å². The zero-order chi connectivity index (χ0) is 18.0. The highest BCUT2D eigenvalue weighted by atomic mass is 16.5. The predicted molar refractivity (Wildman–Crippen MR) is 89.4 cm³/mol. The van der Waals surface area contributed by atoms with E-state index < -0.39 is 23.2 Å². The summed E-state index contributed by atoms with van der Waals surface area (Å²) in [6, 6.07) is 13.0. The van der Waals surface area contributed by atoms with Crippen LogP contribution in [0, 0.1) is 5.41 Å². The predicted octanol–water partition coefficient (Wildman–Crippen LogP) is 2.38. The Balaban J connectivity index is 1.70. The van der Waals surface area contributed by atoms with E-state index in [2.05, 4.69) is 5.32 Å². The number of hydrogen-bond donors (Lipinski definition) is 3. The SMILES string of the molecule is NC(=O)c1ccccc1Oc1ccc(NC(=O)C2(C(=O)O)CC2)cc1. The molecule has 0 spiro atoms. The minimum absolute atomic E-state index is 0.261. The summed E-state index contributed by atoms with van der Waals surface area (Å²) in [4.78, 5) is 34.6. The maximum absolute atomic E-state index is 12.1. The van der Waals surface area contributed by atoms with Crippen molar-refractivity contribution >= 4 is 23.5 Å². The number of carbonyl (C=O) groups is 3. The fraction of sp³-hybridized carbons (Fsp3) is 0.167. The molecule has 0 unspecified atom stereocenters. The lowest BCUT2D eigenvalue weighted by atomic mass is 10.1. The molecule has 0 aliphatic heterocycles. The Morgan fingerprint density at radius 1 is 1.04 bits per heavy atom. The van der Waals surface area contributed by atoms with Gasteiger partial charge in [0, 0.05) is 5.69 Å². The van der Waals surface area contributed by atoms with Crippen molar-refractivity contribution in [3.05, 3.63) is 54.1 Å². The molecular formula is C18H16N2O5. The fourth-order valence-corrected chi connectivity index (χ4v) is 2.41. The van der Waals surface area contributed by atoms with E-state index in [0.717, 1.165) is 0 Å². The molecule has 128 valence electrons. The van der Waals surface area contributed by atoms with Gasteiger partial charge < -0.3 is 20.9 Å². The van der Waals surface area contributed by atoms with Crippen LogP contribution in [0.15, 0.2) is 48.5 Å². The molecule has 0 saturated heterocycles. The number of anilines is 1. The second-order valence-electron chi connectivity index (χ2n) is 5.83. The first-order valence-corrected chi connectivity index (χ1v) is 7.64. The van der Waals surface area contributed by atoms with E-state index in [9.17, 15) is 14.4 Å². The Bertz CT molecular complexity index is 841. The first-order valence-electron chi connectivity index (χ1n) is 7.64. The van der Waals surface area contributed by atoms with Gasteiger partial charge in [-0.25, -0.2) is 0 Å². The van der Waals surface area contributed by atoms with Crippen LogP contribution in [-0.2, 0) is 9.59 Å². The number of benzene rings is 2. The quantitative estimate of drug-likeness (QED) is 0.698. The molecule has 0 bridgehead atoms. The van der Waals surface area contributed by atoms with Crippen molar-refractivity contribution in [2.75, 3.05) is 5.32 Å². The highest BCUT2D eigenvalue weighted by Crippen LogP contribution is 2.46. The molecule has 3 rings (SSSR count). The van der Waals surface area contributed by atoms with Gasteiger partial charge in [-0.05, 0) is 49.2 Å². The molecule has 1 fully saturated rings. The second kappa shape index (κ2) is 6.27. The van der Waals surface area contributed by atoms with E-state index in [1.165, 1.54) is 0 Å². The maximum Gasteiger partial charge on any atom is 0.319 e. The van der Waals surface area contributed by atoms with Gasteiger partial charge in [-0.3, -0.25) is 14.4 Å². The van der Waals surface area contributed by atoms with Crippen LogP contribution >= 0.6 is 0 Å². The van der Waals surface area contributed by atoms with Crippen LogP contribution in [0.25, 0.3) is 0 Å². The monoisotopic (exact) mass is 340 g/mol. The number of hydrogen-bond acceptors (Lipinski definition) is 4. The summed E-state index contributed by atoms with van der Waals surface area (Å²) in [5.74, 6) is -1.44. The standard InChI is InChI=1S/C18H16N2O5/c19-15(21)13-3-1-2-4-14(13)25-12-7-5-11(6-8-12)20-16(22)18(9-10-18)17(23)24/h1-8H,9-10H2,(H2,19,21)(H,20,22)(H,23,24). The summed E-state index contributed by atoms with van der Waals surface area (Å²) in [6.07, 6.45) is 0.693. The molecule has 2 amide bonds. The molecule has 7 nitrogen and oxygen atoms in total. The van der Waals surface area contributed by atoms with E-state index in [1.54, 1.807) is 48.5 Å². The average Bonchev–Trinajstić information content (AvgIpc) is 3.39. The van der Waals surface area contributed by atoms with Crippen LogP contribution < -0.4 is 15.8 Å². The zero-order valence-corrected chi connectivity index (χ0v) is 13.2. The second-order valence-corrected chi connectivity index (χ2v) is 5.83. The van der Waals surface area contributed by atoms with Crippen molar-refractivity contribution in [3.8, 4) is 11.5 Å².